The van der Waals surface area contributed by atoms with Crippen molar-refractivity contribution in [2.75, 3.05) is 0 Å². The second-order valence-corrected chi connectivity index (χ2v) is 2.76. The molecule has 0 amide bonds. The highest BCUT2D eigenvalue weighted by Gasteiger charge is 2.36. The maximum absolute atomic E-state index is 11.8. The molecule has 1 N–H and O–H groups in total. The van der Waals surface area contributed by atoms with Crippen molar-refractivity contribution < 1.29 is 23.1 Å². The number of alkyl halides is 3. The topological polar surface area (TPSA) is 37.3 Å². The fourth-order valence-corrected chi connectivity index (χ4v) is 0.898. The van der Waals surface area contributed by atoms with E-state index < -0.39 is 17.7 Å². The van der Waals surface area contributed by atoms with E-state index >= 15 is 0 Å². The van der Waals surface area contributed by atoms with Gasteiger partial charge in [-0.05, 0) is 0 Å². The second kappa shape index (κ2) is 4.16. The summed E-state index contributed by atoms with van der Waals surface area (Å²) in [4.78, 5) is 10.5. The van der Waals surface area contributed by atoms with Gasteiger partial charge in [-0.1, -0.05) is 30.3 Å². The zero-order valence-corrected chi connectivity index (χ0v) is 7.45. The minimum atomic E-state index is -4.96. The summed E-state index contributed by atoms with van der Waals surface area (Å²) < 4.78 is 35.5. The van der Waals surface area contributed by atoms with E-state index in [0.29, 0.717) is 0 Å². The number of aliphatic hydroxyl groups is 1. The Morgan fingerprint density at radius 2 is 1.73 bits per heavy atom. The lowest BCUT2D eigenvalue weighted by Crippen LogP contribution is -2.20. The first-order valence-electron chi connectivity index (χ1n) is 3.98. The highest BCUT2D eigenvalue weighted by atomic mass is 19.4. The lowest BCUT2D eigenvalue weighted by molar-refractivity contribution is -0.165. The first kappa shape index (κ1) is 11.3. The summed E-state index contributed by atoms with van der Waals surface area (Å²) in [5, 5.41) is 9.19. The van der Waals surface area contributed by atoms with Crippen LogP contribution in [0.4, 0.5) is 13.2 Å². The van der Waals surface area contributed by atoms with Crippen molar-refractivity contribution in [3.63, 3.8) is 0 Å². The van der Waals surface area contributed by atoms with Crippen LogP contribution >= 0.6 is 0 Å². The zero-order chi connectivity index (χ0) is 11.5. The smallest absolute Gasteiger partial charge is 0.454 e. The molecule has 0 fully saturated rings. The predicted octanol–water partition coefficient (Wildman–Crippen LogP) is 2.72. The summed E-state index contributed by atoms with van der Waals surface area (Å²) in [5.41, 5.74) is 0.162. The van der Waals surface area contributed by atoms with Crippen LogP contribution in [0.1, 0.15) is 5.56 Å². The van der Waals surface area contributed by atoms with Gasteiger partial charge in [-0.3, -0.25) is 4.79 Å². The molecule has 0 spiro atoms. The zero-order valence-electron chi connectivity index (χ0n) is 7.45. The molecule has 0 aliphatic heterocycles. The molecule has 0 heterocycles. The van der Waals surface area contributed by atoms with Crippen LogP contribution in [0.25, 0.3) is 5.76 Å². The van der Waals surface area contributed by atoms with Crippen molar-refractivity contribution in [3.05, 3.63) is 42.0 Å². The molecular weight excluding hydrogens is 209 g/mol. The molecule has 0 atom stereocenters. The number of ketones is 1. The molecule has 1 aromatic rings. The van der Waals surface area contributed by atoms with Gasteiger partial charge < -0.3 is 5.11 Å². The number of halogens is 3. The molecule has 0 radical (unpaired) electrons. The normalized spacial score (nSPS) is 12.6. The highest BCUT2D eigenvalue weighted by Crippen LogP contribution is 2.19. The monoisotopic (exact) mass is 216 g/mol. The molecule has 15 heavy (non-hydrogen) atoms. The first-order valence-corrected chi connectivity index (χ1v) is 3.98. The molecule has 5 heteroatoms. The Balaban J connectivity index is 2.91. The minimum absolute atomic E-state index is 0.162. The third-order valence-electron chi connectivity index (χ3n) is 1.62. The van der Waals surface area contributed by atoms with Crippen LogP contribution in [-0.2, 0) is 4.79 Å². The van der Waals surface area contributed by atoms with E-state index in [1.807, 2.05) is 0 Å². The minimum Gasteiger partial charge on any atom is -0.507 e. The molecule has 0 unspecified atom stereocenters. The number of benzene rings is 1. The summed E-state index contributed by atoms with van der Waals surface area (Å²) in [6.45, 7) is 0. The molecule has 80 valence electrons. The van der Waals surface area contributed by atoms with Gasteiger partial charge >= 0.3 is 6.18 Å². The Bertz CT molecular complexity index is 379. The van der Waals surface area contributed by atoms with Crippen molar-refractivity contribution in [2.24, 2.45) is 0 Å². The Morgan fingerprint density at radius 1 is 1.20 bits per heavy atom. The van der Waals surface area contributed by atoms with Crippen LogP contribution in [0.3, 0.4) is 0 Å². The van der Waals surface area contributed by atoms with Crippen molar-refractivity contribution in [3.8, 4) is 0 Å². The van der Waals surface area contributed by atoms with E-state index in [1.165, 1.54) is 24.3 Å². The second-order valence-electron chi connectivity index (χ2n) is 2.76. The summed E-state index contributed by atoms with van der Waals surface area (Å²) in [6, 6.07) is 7.52. The highest BCUT2D eigenvalue weighted by molar-refractivity contribution is 5.99. The van der Waals surface area contributed by atoms with Gasteiger partial charge in [0.15, 0.2) is 0 Å². The van der Waals surface area contributed by atoms with Crippen LogP contribution in [0.5, 0.6) is 0 Å². The number of hydrogen-bond donors (Lipinski definition) is 1. The van der Waals surface area contributed by atoms with Crippen LogP contribution in [0.2, 0.25) is 0 Å². The average molecular weight is 216 g/mol. The van der Waals surface area contributed by atoms with Crippen LogP contribution in [-0.4, -0.2) is 17.1 Å². The molecule has 1 rings (SSSR count). The van der Waals surface area contributed by atoms with Crippen LogP contribution in [0.15, 0.2) is 36.4 Å². The third kappa shape index (κ3) is 3.12. The van der Waals surface area contributed by atoms with Gasteiger partial charge in [-0.2, -0.15) is 13.2 Å². The number of aliphatic hydroxyl groups excluding tert-OH is 1. The van der Waals surface area contributed by atoms with Crippen LogP contribution < -0.4 is 0 Å². The summed E-state index contributed by atoms with van der Waals surface area (Å²) in [6.07, 6.45) is -4.79. The van der Waals surface area contributed by atoms with Gasteiger partial charge in [-0.25, -0.2) is 0 Å². The number of hydrogen-bond acceptors (Lipinski definition) is 2. The van der Waals surface area contributed by atoms with Crippen molar-refractivity contribution in [2.45, 2.75) is 6.18 Å². The van der Waals surface area contributed by atoms with Gasteiger partial charge in [0.05, 0.1) is 0 Å². The standard InChI is InChI=1S/C10H7F3O2/c11-10(12,13)9(15)6-8(14)7-4-2-1-3-5-7/h1-6,14H/b8-6+. The van der Waals surface area contributed by atoms with E-state index in [2.05, 4.69) is 0 Å². The molecule has 0 aliphatic carbocycles. The Hall–Kier alpha value is -1.78. The molecule has 0 bridgehead atoms. The molecule has 2 nitrogen and oxygen atoms in total. The van der Waals surface area contributed by atoms with E-state index in [4.69, 9.17) is 0 Å². The van der Waals surface area contributed by atoms with Gasteiger partial charge in [0.2, 0.25) is 0 Å². The largest absolute Gasteiger partial charge is 0.507 e. The SMILES string of the molecule is O=C(/C=C(/O)c1ccccc1)C(F)(F)F. The fourth-order valence-electron chi connectivity index (χ4n) is 0.898. The predicted molar refractivity (Wildman–Crippen MR) is 48.1 cm³/mol. The van der Waals surface area contributed by atoms with Crippen molar-refractivity contribution in [1.29, 1.82) is 0 Å². The van der Waals surface area contributed by atoms with Crippen molar-refractivity contribution >= 4 is 11.5 Å². The molecule has 0 saturated carbocycles. The van der Waals surface area contributed by atoms with E-state index in [-0.39, 0.29) is 11.6 Å². The average Bonchev–Trinajstić information content (AvgIpc) is 2.17. The van der Waals surface area contributed by atoms with Gasteiger partial charge in [0, 0.05) is 11.6 Å². The molecule has 0 aliphatic rings. The lowest BCUT2D eigenvalue weighted by atomic mass is 10.1. The number of carbonyl (C=O) groups excluding carboxylic acids is 1. The Labute approximate surface area is 83.7 Å². The fraction of sp³-hybridized carbons (Fsp3) is 0.100. The Kier molecular flexibility index (Phi) is 3.14. The number of carbonyl (C=O) groups is 1. The van der Waals surface area contributed by atoms with Gasteiger partial charge in [0.1, 0.15) is 5.76 Å². The van der Waals surface area contributed by atoms with E-state index in [0.717, 1.165) is 0 Å². The maximum Gasteiger partial charge on any atom is 0.454 e. The van der Waals surface area contributed by atoms with Gasteiger partial charge in [0.25, 0.3) is 5.78 Å². The van der Waals surface area contributed by atoms with E-state index in [9.17, 15) is 23.1 Å². The molecular formula is C10H7F3O2. The summed E-state index contributed by atoms with van der Waals surface area (Å²) in [5.74, 6) is -2.78. The van der Waals surface area contributed by atoms with E-state index in [1.54, 1.807) is 6.07 Å². The summed E-state index contributed by atoms with van der Waals surface area (Å²) >= 11 is 0. The lowest BCUT2D eigenvalue weighted by Gasteiger charge is -2.02. The molecule has 1 aromatic carbocycles. The number of allylic oxidation sites excluding steroid dienone is 1. The summed E-state index contributed by atoms with van der Waals surface area (Å²) in [7, 11) is 0. The van der Waals surface area contributed by atoms with Gasteiger partial charge in [-0.15, -0.1) is 0 Å². The quantitative estimate of drug-likeness (QED) is 0.609. The molecule has 0 aromatic heterocycles. The number of rotatable bonds is 2. The maximum atomic E-state index is 11.8. The first-order chi connectivity index (χ1) is 6.91. The third-order valence-corrected chi connectivity index (χ3v) is 1.62. The Morgan fingerprint density at radius 3 is 2.20 bits per heavy atom. The van der Waals surface area contributed by atoms with Crippen molar-refractivity contribution in [1.82, 2.24) is 0 Å². The van der Waals surface area contributed by atoms with Crippen LogP contribution in [0, 0.1) is 0 Å². The molecule has 0 saturated heterocycles.